The van der Waals surface area contributed by atoms with Crippen LogP contribution in [0.5, 0.6) is 5.88 Å². The van der Waals surface area contributed by atoms with Crippen molar-refractivity contribution in [2.45, 2.75) is 26.7 Å². The van der Waals surface area contributed by atoms with Crippen LogP contribution >= 0.6 is 11.6 Å². The average Bonchev–Trinajstić information content (AvgIpc) is 2.33. The molecular formula is C12H17ClN2O2. The minimum absolute atomic E-state index is 0.472. The Morgan fingerprint density at radius 2 is 2.00 bits per heavy atom. The van der Waals surface area contributed by atoms with E-state index in [0.29, 0.717) is 29.4 Å². The van der Waals surface area contributed by atoms with E-state index in [4.69, 9.17) is 21.1 Å². The molecule has 17 heavy (non-hydrogen) atoms. The first-order valence-corrected chi connectivity index (χ1v) is 6.26. The summed E-state index contributed by atoms with van der Waals surface area (Å²) in [6.45, 7) is 6.03. The maximum Gasteiger partial charge on any atom is 0.221 e. The lowest BCUT2D eigenvalue weighted by Crippen LogP contribution is -2.22. The first kappa shape index (κ1) is 12.6. The van der Waals surface area contributed by atoms with E-state index in [1.54, 1.807) is 0 Å². The van der Waals surface area contributed by atoms with Crippen molar-refractivity contribution in [2.75, 3.05) is 19.8 Å². The van der Waals surface area contributed by atoms with Gasteiger partial charge in [0.15, 0.2) is 0 Å². The first-order chi connectivity index (χ1) is 8.16. The molecule has 1 aliphatic rings. The van der Waals surface area contributed by atoms with Gasteiger partial charge in [-0.2, -0.15) is 4.98 Å². The zero-order valence-corrected chi connectivity index (χ0v) is 11.0. The van der Waals surface area contributed by atoms with Crippen molar-refractivity contribution in [3.05, 3.63) is 16.5 Å². The highest BCUT2D eigenvalue weighted by molar-refractivity contribution is 6.30. The van der Waals surface area contributed by atoms with E-state index in [-0.39, 0.29) is 0 Å². The molecule has 4 nitrogen and oxygen atoms in total. The Hall–Kier alpha value is -0.870. The fourth-order valence-corrected chi connectivity index (χ4v) is 2.02. The summed E-state index contributed by atoms with van der Waals surface area (Å²) < 4.78 is 11.1. The van der Waals surface area contributed by atoms with E-state index in [2.05, 4.69) is 9.97 Å². The van der Waals surface area contributed by atoms with Crippen molar-refractivity contribution >= 4 is 11.6 Å². The largest absolute Gasteiger partial charge is 0.477 e. The first-order valence-electron chi connectivity index (χ1n) is 5.88. The van der Waals surface area contributed by atoms with Crippen molar-refractivity contribution in [3.63, 3.8) is 0 Å². The van der Waals surface area contributed by atoms with Crippen molar-refractivity contribution in [1.82, 2.24) is 9.97 Å². The second-order valence-electron chi connectivity index (χ2n) is 4.36. The van der Waals surface area contributed by atoms with Crippen LogP contribution in [0.15, 0.2) is 0 Å². The van der Waals surface area contributed by atoms with Gasteiger partial charge >= 0.3 is 0 Å². The molecule has 0 atom stereocenters. The number of aromatic nitrogens is 2. The summed E-state index contributed by atoms with van der Waals surface area (Å²) in [5.41, 5.74) is 0.810. The molecule has 2 heterocycles. The van der Waals surface area contributed by atoms with Gasteiger partial charge in [-0.15, -0.1) is 0 Å². The lowest BCUT2D eigenvalue weighted by atomic mass is 10.0. The van der Waals surface area contributed by atoms with Crippen molar-refractivity contribution in [2.24, 2.45) is 5.92 Å². The number of aryl methyl sites for hydroxylation is 1. The summed E-state index contributed by atoms with van der Waals surface area (Å²) in [5, 5.41) is 0.472. The molecule has 2 rings (SSSR count). The number of rotatable bonds is 3. The molecule has 5 heteroatoms. The Morgan fingerprint density at radius 3 is 2.71 bits per heavy atom. The fourth-order valence-electron chi connectivity index (χ4n) is 1.82. The minimum atomic E-state index is 0.472. The molecule has 1 aromatic heterocycles. The van der Waals surface area contributed by atoms with E-state index in [0.717, 1.165) is 31.6 Å². The molecule has 0 aliphatic carbocycles. The zero-order chi connectivity index (χ0) is 12.3. The highest BCUT2D eigenvalue weighted by Crippen LogP contribution is 2.23. The third-order valence-electron chi connectivity index (χ3n) is 2.95. The van der Waals surface area contributed by atoms with Gasteiger partial charge in [0, 0.05) is 18.8 Å². The highest BCUT2D eigenvalue weighted by atomic mass is 35.5. The topological polar surface area (TPSA) is 44.2 Å². The van der Waals surface area contributed by atoms with Crippen LogP contribution in [0.3, 0.4) is 0 Å². The third-order valence-corrected chi connectivity index (χ3v) is 3.32. The molecular weight excluding hydrogens is 240 g/mol. The van der Waals surface area contributed by atoms with E-state index < -0.39 is 0 Å². The van der Waals surface area contributed by atoms with Gasteiger partial charge < -0.3 is 9.47 Å². The van der Waals surface area contributed by atoms with Crippen LogP contribution in [0, 0.1) is 19.8 Å². The van der Waals surface area contributed by atoms with Crippen LogP contribution in [0.4, 0.5) is 0 Å². The van der Waals surface area contributed by atoms with Crippen LogP contribution in [-0.4, -0.2) is 29.8 Å². The molecule has 0 unspecified atom stereocenters. The Morgan fingerprint density at radius 1 is 1.29 bits per heavy atom. The Kier molecular flexibility index (Phi) is 4.18. The molecule has 0 saturated carbocycles. The number of hydrogen-bond donors (Lipinski definition) is 0. The van der Waals surface area contributed by atoms with Gasteiger partial charge in [0.05, 0.1) is 6.61 Å². The molecule has 94 valence electrons. The van der Waals surface area contributed by atoms with Crippen LogP contribution in [0.1, 0.15) is 24.2 Å². The molecule has 0 amide bonds. The molecule has 0 radical (unpaired) electrons. The van der Waals surface area contributed by atoms with Crippen LogP contribution in [0.2, 0.25) is 5.15 Å². The number of nitrogens with zero attached hydrogens (tertiary/aromatic N) is 2. The summed E-state index contributed by atoms with van der Waals surface area (Å²) >= 11 is 5.99. The lowest BCUT2D eigenvalue weighted by Gasteiger charge is -2.22. The van der Waals surface area contributed by atoms with Crippen LogP contribution in [-0.2, 0) is 4.74 Å². The standard InChI is InChI=1S/C12H17ClN2O2/c1-8-11(13)14-9(2)15-12(8)17-7-10-3-5-16-6-4-10/h10H,3-7H2,1-2H3. The average molecular weight is 257 g/mol. The second kappa shape index (κ2) is 5.65. The lowest BCUT2D eigenvalue weighted by molar-refractivity contribution is 0.0489. The number of hydrogen-bond acceptors (Lipinski definition) is 4. The van der Waals surface area contributed by atoms with Gasteiger partial charge in [0.2, 0.25) is 5.88 Å². The van der Waals surface area contributed by atoms with Gasteiger partial charge in [-0.05, 0) is 32.6 Å². The SMILES string of the molecule is Cc1nc(Cl)c(C)c(OCC2CCOCC2)n1. The Balaban J connectivity index is 1.98. The van der Waals surface area contributed by atoms with Crippen molar-refractivity contribution in [3.8, 4) is 5.88 Å². The van der Waals surface area contributed by atoms with Crippen molar-refractivity contribution < 1.29 is 9.47 Å². The summed E-state index contributed by atoms with van der Waals surface area (Å²) in [7, 11) is 0. The quantitative estimate of drug-likeness (QED) is 0.780. The molecule has 1 aliphatic heterocycles. The van der Waals surface area contributed by atoms with E-state index in [1.807, 2.05) is 13.8 Å². The summed E-state index contributed by atoms with van der Waals surface area (Å²) in [6.07, 6.45) is 2.10. The molecule has 0 spiro atoms. The predicted molar refractivity (Wildman–Crippen MR) is 65.6 cm³/mol. The normalized spacial score (nSPS) is 17.1. The monoisotopic (exact) mass is 256 g/mol. The van der Waals surface area contributed by atoms with Crippen LogP contribution in [0.25, 0.3) is 0 Å². The molecule has 1 aromatic rings. The fraction of sp³-hybridized carbons (Fsp3) is 0.667. The minimum Gasteiger partial charge on any atom is -0.477 e. The summed E-state index contributed by atoms with van der Waals surface area (Å²) in [5.74, 6) is 1.80. The molecule has 0 aromatic carbocycles. The Labute approximate surface area is 106 Å². The van der Waals surface area contributed by atoms with Gasteiger partial charge in [-0.1, -0.05) is 11.6 Å². The summed E-state index contributed by atoms with van der Waals surface area (Å²) in [6, 6.07) is 0. The molecule has 0 bridgehead atoms. The number of halogens is 1. The van der Waals surface area contributed by atoms with Gasteiger partial charge in [0.25, 0.3) is 0 Å². The third kappa shape index (κ3) is 3.30. The summed E-state index contributed by atoms with van der Waals surface area (Å²) in [4.78, 5) is 8.35. The molecule has 1 fully saturated rings. The predicted octanol–water partition coefficient (Wildman–Crippen LogP) is 2.55. The maximum atomic E-state index is 5.99. The van der Waals surface area contributed by atoms with E-state index in [1.165, 1.54) is 0 Å². The second-order valence-corrected chi connectivity index (χ2v) is 4.72. The van der Waals surface area contributed by atoms with Crippen molar-refractivity contribution in [1.29, 1.82) is 0 Å². The van der Waals surface area contributed by atoms with E-state index in [9.17, 15) is 0 Å². The molecule has 1 saturated heterocycles. The van der Waals surface area contributed by atoms with Gasteiger partial charge in [0.1, 0.15) is 11.0 Å². The van der Waals surface area contributed by atoms with Gasteiger partial charge in [-0.3, -0.25) is 0 Å². The maximum absolute atomic E-state index is 5.99. The zero-order valence-electron chi connectivity index (χ0n) is 10.2. The van der Waals surface area contributed by atoms with Crippen LogP contribution < -0.4 is 4.74 Å². The Bertz CT molecular complexity index is 392. The molecule has 0 N–H and O–H groups in total. The number of ether oxygens (including phenoxy) is 2. The highest BCUT2D eigenvalue weighted by Gasteiger charge is 2.16. The van der Waals surface area contributed by atoms with Gasteiger partial charge in [-0.25, -0.2) is 4.98 Å². The van der Waals surface area contributed by atoms with E-state index >= 15 is 0 Å². The smallest absolute Gasteiger partial charge is 0.221 e.